The van der Waals surface area contributed by atoms with Gasteiger partial charge in [-0.15, -0.1) is 0 Å². The Balaban J connectivity index is 2.53. The lowest BCUT2D eigenvalue weighted by atomic mass is 9.65. The van der Waals surface area contributed by atoms with Gasteiger partial charge in [0.25, 0.3) is 0 Å². The minimum atomic E-state index is -0.464. The molecular formula is C17H23NO2. The van der Waals surface area contributed by atoms with Gasteiger partial charge in [-0.2, -0.15) is 0 Å². The van der Waals surface area contributed by atoms with Crippen molar-refractivity contribution >= 4 is 17.5 Å². The summed E-state index contributed by atoms with van der Waals surface area (Å²) >= 11 is 0. The topological polar surface area (TPSA) is 37.4 Å². The van der Waals surface area contributed by atoms with Crippen LogP contribution < -0.4 is 4.90 Å². The first-order chi connectivity index (χ1) is 9.38. The maximum absolute atomic E-state index is 12.8. The number of piperidine rings is 1. The van der Waals surface area contributed by atoms with Gasteiger partial charge in [-0.25, -0.2) is 4.90 Å². The van der Waals surface area contributed by atoms with Crippen LogP contribution in [0.2, 0.25) is 0 Å². The van der Waals surface area contributed by atoms with Crippen LogP contribution in [0.5, 0.6) is 0 Å². The second kappa shape index (κ2) is 5.04. The highest BCUT2D eigenvalue weighted by atomic mass is 16.2. The predicted molar refractivity (Wildman–Crippen MR) is 80.3 cm³/mol. The quantitative estimate of drug-likeness (QED) is 0.786. The number of nitrogens with zero attached hydrogens (tertiary/aromatic N) is 1. The van der Waals surface area contributed by atoms with E-state index in [0.717, 1.165) is 12.8 Å². The number of carbonyl (C=O) groups is 2. The van der Waals surface area contributed by atoms with Crippen LogP contribution in [0.3, 0.4) is 0 Å². The number of amides is 2. The average Bonchev–Trinajstić information content (AvgIpc) is 2.47. The monoisotopic (exact) mass is 273 g/mol. The molecule has 3 heteroatoms. The summed E-state index contributed by atoms with van der Waals surface area (Å²) in [5, 5.41) is 0. The molecule has 3 nitrogen and oxygen atoms in total. The Kier molecular flexibility index (Phi) is 3.72. The Morgan fingerprint density at radius 2 is 1.40 bits per heavy atom. The molecule has 0 spiro atoms. The van der Waals surface area contributed by atoms with Crippen molar-refractivity contribution in [2.75, 3.05) is 4.90 Å². The van der Waals surface area contributed by atoms with Gasteiger partial charge in [-0.1, -0.05) is 45.9 Å². The van der Waals surface area contributed by atoms with Gasteiger partial charge in [0.2, 0.25) is 11.8 Å². The van der Waals surface area contributed by atoms with Gasteiger partial charge < -0.3 is 0 Å². The van der Waals surface area contributed by atoms with Crippen molar-refractivity contribution in [1.29, 1.82) is 0 Å². The second-order valence-corrected chi connectivity index (χ2v) is 6.29. The lowest BCUT2D eigenvalue weighted by molar-refractivity contribution is -0.145. The average molecular weight is 273 g/mol. The van der Waals surface area contributed by atoms with E-state index in [4.69, 9.17) is 0 Å². The maximum atomic E-state index is 12.8. The van der Waals surface area contributed by atoms with Gasteiger partial charge >= 0.3 is 0 Å². The third-order valence-electron chi connectivity index (χ3n) is 4.79. The molecule has 108 valence electrons. The van der Waals surface area contributed by atoms with Crippen LogP contribution in [-0.2, 0) is 9.59 Å². The highest BCUT2D eigenvalue weighted by Gasteiger charge is 2.53. The summed E-state index contributed by atoms with van der Waals surface area (Å²) in [6.07, 6.45) is 2.13. The Morgan fingerprint density at radius 3 is 1.80 bits per heavy atom. The first-order valence-corrected chi connectivity index (χ1v) is 7.32. The fourth-order valence-corrected chi connectivity index (χ4v) is 3.01. The number of hydrogen-bond donors (Lipinski definition) is 0. The molecule has 0 N–H and O–H groups in total. The minimum absolute atomic E-state index is 0.0675. The molecule has 2 atom stereocenters. The van der Waals surface area contributed by atoms with E-state index in [9.17, 15) is 9.59 Å². The van der Waals surface area contributed by atoms with E-state index in [1.54, 1.807) is 0 Å². The first-order valence-electron chi connectivity index (χ1n) is 7.32. The molecule has 0 saturated carbocycles. The van der Waals surface area contributed by atoms with Crippen LogP contribution in [0.4, 0.5) is 5.69 Å². The lowest BCUT2D eigenvalue weighted by Gasteiger charge is -2.46. The maximum Gasteiger partial charge on any atom is 0.239 e. The van der Waals surface area contributed by atoms with E-state index in [-0.39, 0.29) is 11.8 Å². The van der Waals surface area contributed by atoms with Crippen LogP contribution in [0.25, 0.3) is 0 Å². The smallest absolute Gasteiger partial charge is 0.239 e. The molecule has 2 unspecified atom stereocenters. The zero-order valence-corrected chi connectivity index (χ0v) is 12.8. The van der Waals surface area contributed by atoms with Crippen molar-refractivity contribution in [3.05, 3.63) is 30.3 Å². The van der Waals surface area contributed by atoms with Crippen LogP contribution >= 0.6 is 0 Å². The van der Waals surface area contributed by atoms with Crippen LogP contribution in [0.1, 0.15) is 47.0 Å². The zero-order valence-electron chi connectivity index (χ0n) is 12.8. The lowest BCUT2D eigenvalue weighted by Crippen LogP contribution is -2.58. The number of rotatable bonds is 3. The summed E-state index contributed by atoms with van der Waals surface area (Å²) in [5.74, 6) is -0.135. The highest BCUT2D eigenvalue weighted by Crippen LogP contribution is 2.47. The standard InChI is InChI=1S/C17H23NO2/c1-5-16(3)12-17(4,6-2)15(20)18(14(16)19)13-10-8-7-9-11-13/h7-11H,5-6,12H2,1-4H3. The van der Waals surface area contributed by atoms with Crippen molar-refractivity contribution in [3.63, 3.8) is 0 Å². The number of para-hydroxylation sites is 1. The molecule has 1 fully saturated rings. The Labute approximate surface area is 121 Å². The summed E-state index contributed by atoms with van der Waals surface area (Å²) in [6.45, 7) is 8.00. The van der Waals surface area contributed by atoms with E-state index >= 15 is 0 Å². The predicted octanol–water partition coefficient (Wildman–Crippen LogP) is 3.78. The van der Waals surface area contributed by atoms with Crippen LogP contribution in [0.15, 0.2) is 30.3 Å². The largest absolute Gasteiger partial charge is 0.273 e. The second-order valence-electron chi connectivity index (χ2n) is 6.29. The molecule has 0 aliphatic carbocycles. The van der Waals surface area contributed by atoms with Gasteiger partial charge in [0.15, 0.2) is 0 Å². The van der Waals surface area contributed by atoms with E-state index in [1.165, 1.54) is 4.90 Å². The fraction of sp³-hybridized carbons (Fsp3) is 0.529. The van der Waals surface area contributed by atoms with Crippen LogP contribution in [0, 0.1) is 10.8 Å². The summed E-state index contributed by atoms with van der Waals surface area (Å²) in [5.41, 5.74) is -0.246. The van der Waals surface area contributed by atoms with E-state index in [2.05, 4.69) is 0 Å². The molecule has 1 aromatic carbocycles. The molecule has 0 radical (unpaired) electrons. The molecule has 1 heterocycles. The SMILES string of the molecule is CCC1(C)CC(C)(CC)C(=O)N(c2ccccc2)C1=O. The molecule has 1 saturated heterocycles. The minimum Gasteiger partial charge on any atom is -0.273 e. The highest BCUT2D eigenvalue weighted by molar-refractivity contribution is 6.20. The molecule has 1 aliphatic rings. The number of anilines is 1. The zero-order chi connectivity index (χ0) is 15.0. The van der Waals surface area contributed by atoms with Gasteiger partial charge in [-0.3, -0.25) is 9.59 Å². The van der Waals surface area contributed by atoms with Gasteiger partial charge in [0.1, 0.15) is 0 Å². The molecule has 0 aromatic heterocycles. The van der Waals surface area contributed by atoms with E-state index in [0.29, 0.717) is 12.1 Å². The van der Waals surface area contributed by atoms with E-state index in [1.807, 2.05) is 58.0 Å². The van der Waals surface area contributed by atoms with Crippen molar-refractivity contribution in [1.82, 2.24) is 0 Å². The molecule has 20 heavy (non-hydrogen) atoms. The van der Waals surface area contributed by atoms with Crippen molar-refractivity contribution in [2.45, 2.75) is 47.0 Å². The van der Waals surface area contributed by atoms with Crippen molar-refractivity contribution in [2.24, 2.45) is 10.8 Å². The van der Waals surface area contributed by atoms with Gasteiger partial charge in [-0.05, 0) is 31.4 Å². The number of benzene rings is 1. The Morgan fingerprint density at radius 1 is 0.950 bits per heavy atom. The number of hydrogen-bond acceptors (Lipinski definition) is 2. The molecule has 2 rings (SSSR count). The first kappa shape index (κ1) is 14.8. The van der Waals surface area contributed by atoms with Gasteiger partial charge in [0, 0.05) is 10.8 Å². The third-order valence-corrected chi connectivity index (χ3v) is 4.79. The van der Waals surface area contributed by atoms with E-state index < -0.39 is 10.8 Å². The molecule has 1 aromatic rings. The molecule has 1 aliphatic heterocycles. The Hall–Kier alpha value is -1.64. The summed E-state index contributed by atoms with van der Waals surface area (Å²) < 4.78 is 0. The Bertz CT molecular complexity index is 497. The van der Waals surface area contributed by atoms with Gasteiger partial charge in [0.05, 0.1) is 5.69 Å². The summed E-state index contributed by atoms with van der Waals surface area (Å²) in [6, 6.07) is 9.26. The van der Waals surface area contributed by atoms with Crippen LogP contribution in [-0.4, -0.2) is 11.8 Å². The molecule has 0 bridgehead atoms. The number of carbonyl (C=O) groups excluding carboxylic acids is 2. The number of imide groups is 1. The fourth-order valence-electron chi connectivity index (χ4n) is 3.01. The van der Waals surface area contributed by atoms with Crippen molar-refractivity contribution < 1.29 is 9.59 Å². The summed E-state index contributed by atoms with van der Waals surface area (Å²) in [7, 11) is 0. The third kappa shape index (κ3) is 2.15. The molecule has 2 amide bonds. The normalized spacial score (nSPS) is 30.7. The van der Waals surface area contributed by atoms with Crippen molar-refractivity contribution in [3.8, 4) is 0 Å². The summed E-state index contributed by atoms with van der Waals surface area (Å²) in [4.78, 5) is 27.0. The molecular weight excluding hydrogens is 250 g/mol.